The lowest BCUT2D eigenvalue weighted by Crippen LogP contribution is -2.12. The van der Waals surface area contributed by atoms with Gasteiger partial charge in [-0.1, -0.05) is 18.2 Å². The van der Waals surface area contributed by atoms with E-state index in [0.29, 0.717) is 12.2 Å². The van der Waals surface area contributed by atoms with Gasteiger partial charge in [-0.2, -0.15) is 5.10 Å². The van der Waals surface area contributed by atoms with Crippen molar-refractivity contribution >= 4 is 17.9 Å². The fourth-order valence-electron chi connectivity index (χ4n) is 2.25. The Kier molecular flexibility index (Phi) is 3.87. The molecule has 1 aromatic carbocycles. The number of aromatic nitrogens is 2. The fraction of sp³-hybridized carbons (Fsp3) is 0.235. The summed E-state index contributed by atoms with van der Waals surface area (Å²) in [5.74, 6) is 0.274. The second-order valence-electron chi connectivity index (χ2n) is 5.38. The van der Waals surface area contributed by atoms with Crippen molar-refractivity contribution in [1.29, 1.82) is 0 Å². The molecule has 3 rings (SSSR count). The van der Waals surface area contributed by atoms with Gasteiger partial charge < -0.3 is 5.32 Å². The van der Waals surface area contributed by atoms with Crippen LogP contribution in [-0.4, -0.2) is 22.0 Å². The lowest BCUT2D eigenvalue weighted by atomic mass is 10.1. The molecule has 1 aliphatic carbocycles. The molecule has 1 aliphatic rings. The van der Waals surface area contributed by atoms with Crippen LogP contribution in [0.4, 0.5) is 5.69 Å². The van der Waals surface area contributed by atoms with Crippen LogP contribution >= 0.6 is 0 Å². The molecule has 0 aliphatic heterocycles. The van der Waals surface area contributed by atoms with Crippen molar-refractivity contribution in [3.63, 3.8) is 0 Å². The summed E-state index contributed by atoms with van der Waals surface area (Å²) in [5.41, 5.74) is 2.92. The first-order valence-electron chi connectivity index (χ1n) is 7.26. The van der Waals surface area contributed by atoms with Crippen LogP contribution in [0.1, 0.15) is 23.3 Å². The summed E-state index contributed by atoms with van der Waals surface area (Å²) < 4.78 is 1.61. The van der Waals surface area contributed by atoms with E-state index in [1.807, 2.05) is 24.3 Å². The molecule has 1 amide bonds. The van der Waals surface area contributed by atoms with Crippen LogP contribution in [0.15, 0.2) is 43.0 Å². The maximum absolute atomic E-state index is 11.7. The Balaban J connectivity index is 1.78. The number of nitrogens with one attached hydrogen (secondary N) is 1. The monoisotopic (exact) mass is 295 g/mol. The van der Waals surface area contributed by atoms with E-state index in [9.17, 15) is 9.59 Å². The standard InChI is InChI=1S/C17H17N3O2/c1-2-9-20-15(11-21)10-16(19-20)12-5-7-14(8-6-12)18-17(22)13-3-4-13/h2,5-8,10-11,13H,1,3-4,9H2,(H,18,22). The maximum Gasteiger partial charge on any atom is 0.227 e. The maximum atomic E-state index is 11.7. The predicted octanol–water partition coefficient (Wildman–Crippen LogP) is 2.90. The molecule has 0 unspecified atom stereocenters. The van der Waals surface area contributed by atoms with Gasteiger partial charge >= 0.3 is 0 Å². The Morgan fingerprint density at radius 2 is 2.09 bits per heavy atom. The van der Waals surface area contributed by atoms with Gasteiger partial charge in [0, 0.05) is 17.2 Å². The van der Waals surface area contributed by atoms with Crippen LogP contribution in [0.25, 0.3) is 11.3 Å². The number of anilines is 1. The molecule has 5 heteroatoms. The van der Waals surface area contributed by atoms with Gasteiger partial charge in [-0.05, 0) is 31.0 Å². The normalized spacial score (nSPS) is 13.6. The SMILES string of the molecule is C=CCn1nc(-c2ccc(NC(=O)C3CC3)cc2)cc1C=O. The summed E-state index contributed by atoms with van der Waals surface area (Å²) in [6, 6.07) is 9.22. The molecule has 1 N–H and O–H groups in total. The van der Waals surface area contributed by atoms with Crippen molar-refractivity contribution in [2.24, 2.45) is 5.92 Å². The second kappa shape index (κ2) is 5.97. The molecule has 2 aromatic rings. The third-order valence-corrected chi connectivity index (χ3v) is 3.63. The minimum atomic E-state index is 0.0891. The van der Waals surface area contributed by atoms with Crippen molar-refractivity contribution in [1.82, 2.24) is 9.78 Å². The molecule has 1 saturated carbocycles. The average molecular weight is 295 g/mol. The topological polar surface area (TPSA) is 64.0 Å². The van der Waals surface area contributed by atoms with Crippen molar-refractivity contribution in [3.8, 4) is 11.3 Å². The highest BCUT2D eigenvalue weighted by atomic mass is 16.2. The molecule has 0 atom stereocenters. The van der Waals surface area contributed by atoms with Crippen LogP contribution in [0.2, 0.25) is 0 Å². The number of carbonyl (C=O) groups is 2. The molecule has 1 aromatic heterocycles. The molecule has 0 bridgehead atoms. The van der Waals surface area contributed by atoms with Gasteiger partial charge in [-0.15, -0.1) is 6.58 Å². The molecule has 1 fully saturated rings. The van der Waals surface area contributed by atoms with Crippen LogP contribution in [0.5, 0.6) is 0 Å². The van der Waals surface area contributed by atoms with E-state index in [-0.39, 0.29) is 11.8 Å². The molecule has 5 nitrogen and oxygen atoms in total. The van der Waals surface area contributed by atoms with E-state index in [0.717, 1.165) is 36.1 Å². The largest absolute Gasteiger partial charge is 0.326 e. The number of hydrogen-bond acceptors (Lipinski definition) is 3. The van der Waals surface area contributed by atoms with Gasteiger partial charge in [-0.25, -0.2) is 0 Å². The van der Waals surface area contributed by atoms with E-state index >= 15 is 0 Å². The van der Waals surface area contributed by atoms with Crippen molar-refractivity contribution in [3.05, 3.63) is 48.7 Å². The Hall–Kier alpha value is -2.69. The molecule has 0 radical (unpaired) electrons. The van der Waals surface area contributed by atoms with Crippen molar-refractivity contribution in [2.75, 3.05) is 5.32 Å². The smallest absolute Gasteiger partial charge is 0.227 e. The predicted molar refractivity (Wildman–Crippen MR) is 84.6 cm³/mol. The van der Waals surface area contributed by atoms with E-state index in [1.165, 1.54) is 0 Å². The van der Waals surface area contributed by atoms with Crippen LogP contribution in [0, 0.1) is 5.92 Å². The summed E-state index contributed by atoms with van der Waals surface area (Å²) in [6.07, 6.45) is 4.45. The average Bonchev–Trinajstić information content (AvgIpc) is 3.30. The third kappa shape index (κ3) is 2.98. The highest BCUT2D eigenvalue weighted by Gasteiger charge is 2.29. The number of benzene rings is 1. The summed E-state index contributed by atoms with van der Waals surface area (Å²) in [7, 11) is 0. The Morgan fingerprint density at radius 3 is 2.68 bits per heavy atom. The summed E-state index contributed by atoms with van der Waals surface area (Å²) >= 11 is 0. The lowest BCUT2D eigenvalue weighted by molar-refractivity contribution is -0.117. The number of allylic oxidation sites excluding steroid dienone is 1. The zero-order chi connectivity index (χ0) is 15.5. The van der Waals surface area contributed by atoms with Gasteiger partial charge in [0.15, 0.2) is 6.29 Å². The Labute approximate surface area is 128 Å². The number of amides is 1. The highest BCUT2D eigenvalue weighted by molar-refractivity contribution is 5.94. The molecular weight excluding hydrogens is 278 g/mol. The summed E-state index contributed by atoms with van der Waals surface area (Å²) in [6.45, 7) is 4.14. The zero-order valence-electron chi connectivity index (χ0n) is 12.2. The molecular formula is C17H17N3O2. The minimum Gasteiger partial charge on any atom is -0.326 e. The molecule has 1 heterocycles. The van der Waals surface area contributed by atoms with Crippen LogP contribution in [-0.2, 0) is 11.3 Å². The molecule has 0 spiro atoms. The number of nitrogens with zero attached hydrogens (tertiary/aromatic N) is 2. The van der Waals surface area contributed by atoms with E-state index in [1.54, 1.807) is 16.8 Å². The zero-order valence-corrected chi connectivity index (χ0v) is 12.2. The first-order chi connectivity index (χ1) is 10.7. The second-order valence-corrected chi connectivity index (χ2v) is 5.38. The number of carbonyl (C=O) groups excluding carboxylic acids is 2. The molecule has 22 heavy (non-hydrogen) atoms. The fourth-order valence-corrected chi connectivity index (χ4v) is 2.25. The van der Waals surface area contributed by atoms with Gasteiger partial charge in [0.05, 0.1) is 12.2 Å². The number of hydrogen-bond donors (Lipinski definition) is 1. The van der Waals surface area contributed by atoms with Gasteiger partial charge in [0.1, 0.15) is 5.69 Å². The van der Waals surface area contributed by atoms with E-state index in [4.69, 9.17) is 0 Å². The number of rotatable bonds is 6. The highest BCUT2D eigenvalue weighted by Crippen LogP contribution is 2.30. The quantitative estimate of drug-likeness (QED) is 0.658. The summed E-state index contributed by atoms with van der Waals surface area (Å²) in [4.78, 5) is 22.8. The van der Waals surface area contributed by atoms with Gasteiger partial charge in [0.25, 0.3) is 0 Å². The van der Waals surface area contributed by atoms with Gasteiger partial charge in [0.2, 0.25) is 5.91 Å². The molecule has 112 valence electrons. The Morgan fingerprint density at radius 1 is 1.36 bits per heavy atom. The Bertz CT molecular complexity index is 712. The first-order valence-corrected chi connectivity index (χ1v) is 7.26. The lowest BCUT2D eigenvalue weighted by Gasteiger charge is -2.04. The molecule has 0 saturated heterocycles. The van der Waals surface area contributed by atoms with Crippen molar-refractivity contribution < 1.29 is 9.59 Å². The van der Waals surface area contributed by atoms with Crippen LogP contribution in [0.3, 0.4) is 0 Å². The van der Waals surface area contributed by atoms with Gasteiger partial charge in [-0.3, -0.25) is 14.3 Å². The van der Waals surface area contributed by atoms with E-state index in [2.05, 4.69) is 17.0 Å². The van der Waals surface area contributed by atoms with Crippen molar-refractivity contribution in [2.45, 2.75) is 19.4 Å². The first kappa shape index (κ1) is 14.3. The van der Waals surface area contributed by atoms with Crippen LogP contribution < -0.4 is 5.32 Å². The third-order valence-electron chi connectivity index (χ3n) is 3.63. The minimum absolute atomic E-state index is 0.0891. The number of aldehydes is 1. The summed E-state index contributed by atoms with van der Waals surface area (Å²) in [5, 5.41) is 7.29. The van der Waals surface area contributed by atoms with E-state index < -0.39 is 0 Å².